The molecule has 0 N–H and O–H groups in total. The van der Waals surface area contributed by atoms with E-state index in [0.717, 1.165) is 33.6 Å². The SMILES string of the molecule is Cc1ccnc(-c2[c-]c(Oc3[c-]c(-c4ccccn4)c(C)cc3)ccc2)c1.[Pd+2]. The van der Waals surface area contributed by atoms with Gasteiger partial charge in [0, 0.05) is 23.9 Å². The molecule has 0 aliphatic heterocycles. The smallest absolute Gasteiger partial charge is 0.497 e. The second-order valence-corrected chi connectivity index (χ2v) is 6.34. The fourth-order valence-electron chi connectivity index (χ4n) is 2.84. The molecule has 2 aromatic carbocycles. The molecule has 0 amide bonds. The summed E-state index contributed by atoms with van der Waals surface area (Å²) in [7, 11) is 0. The first-order valence-electron chi connectivity index (χ1n) is 8.76. The van der Waals surface area contributed by atoms with Crippen molar-refractivity contribution in [2.75, 3.05) is 0 Å². The summed E-state index contributed by atoms with van der Waals surface area (Å²) in [4.78, 5) is 8.84. The Morgan fingerprint density at radius 3 is 2.36 bits per heavy atom. The van der Waals surface area contributed by atoms with Crippen LogP contribution in [0, 0.1) is 26.0 Å². The van der Waals surface area contributed by atoms with E-state index in [-0.39, 0.29) is 20.4 Å². The summed E-state index contributed by atoms with van der Waals surface area (Å²) in [5, 5.41) is 0. The molecule has 0 fully saturated rings. The molecule has 0 bridgehead atoms. The zero-order valence-electron chi connectivity index (χ0n) is 15.5. The van der Waals surface area contributed by atoms with Crippen molar-refractivity contribution in [3.63, 3.8) is 0 Å². The van der Waals surface area contributed by atoms with Gasteiger partial charge in [0.25, 0.3) is 0 Å². The number of hydrogen-bond donors (Lipinski definition) is 0. The minimum absolute atomic E-state index is 0. The molecule has 140 valence electrons. The Hall–Kier alpha value is -2.80. The summed E-state index contributed by atoms with van der Waals surface area (Å²) in [5.41, 5.74) is 5.84. The van der Waals surface area contributed by atoms with E-state index in [0.29, 0.717) is 11.5 Å². The predicted molar refractivity (Wildman–Crippen MR) is 107 cm³/mol. The van der Waals surface area contributed by atoms with Gasteiger partial charge in [0.2, 0.25) is 0 Å². The van der Waals surface area contributed by atoms with Gasteiger partial charge in [0.05, 0.1) is 0 Å². The van der Waals surface area contributed by atoms with Crippen LogP contribution in [0.3, 0.4) is 0 Å². The molecule has 0 aliphatic carbocycles. The van der Waals surface area contributed by atoms with Gasteiger partial charge in [0.15, 0.2) is 0 Å². The van der Waals surface area contributed by atoms with Gasteiger partial charge in [0.1, 0.15) is 0 Å². The number of benzene rings is 2. The first-order chi connectivity index (χ1) is 13.2. The van der Waals surface area contributed by atoms with E-state index >= 15 is 0 Å². The molecule has 4 rings (SSSR count). The third kappa shape index (κ3) is 4.54. The Balaban J connectivity index is 0.00000225. The Kier molecular flexibility index (Phi) is 6.36. The summed E-state index contributed by atoms with van der Waals surface area (Å²) < 4.78 is 6.02. The maximum absolute atomic E-state index is 6.02. The molecule has 2 heterocycles. The van der Waals surface area contributed by atoms with Crippen molar-refractivity contribution in [2.24, 2.45) is 0 Å². The normalized spacial score (nSPS) is 10.2. The Bertz CT molecular complexity index is 1080. The number of pyridine rings is 2. The number of ether oxygens (including phenoxy) is 1. The Morgan fingerprint density at radius 2 is 1.57 bits per heavy atom. The van der Waals surface area contributed by atoms with Gasteiger partial charge in [-0.25, -0.2) is 0 Å². The van der Waals surface area contributed by atoms with Gasteiger partial charge in [-0.1, -0.05) is 42.8 Å². The molecule has 0 saturated carbocycles. The molecule has 3 nitrogen and oxygen atoms in total. The second-order valence-electron chi connectivity index (χ2n) is 6.34. The fourth-order valence-corrected chi connectivity index (χ4v) is 2.84. The van der Waals surface area contributed by atoms with Crippen LogP contribution in [0.5, 0.6) is 11.5 Å². The standard InChI is InChI=1S/C24H18N2O.Pd/c1-17-11-13-26-24(14-17)19-6-5-7-20(15-19)27-21-10-9-18(2)22(16-21)23-8-3-4-12-25-23;/h3-14H,1-2H3;/q-2;+2. The van der Waals surface area contributed by atoms with Crippen LogP contribution >= 0.6 is 0 Å². The van der Waals surface area contributed by atoms with E-state index in [4.69, 9.17) is 4.74 Å². The van der Waals surface area contributed by atoms with Crippen LogP contribution in [0.1, 0.15) is 11.1 Å². The van der Waals surface area contributed by atoms with Crippen molar-refractivity contribution >= 4 is 0 Å². The molecule has 4 heteroatoms. The topological polar surface area (TPSA) is 35.0 Å². The third-order valence-corrected chi connectivity index (χ3v) is 4.23. The minimum Gasteiger partial charge on any atom is -0.497 e. The molecule has 0 aliphatic rings. The van der Waals surface area contributed by atoms with Crippen LogP contribution in [-0.4, -0.2) is 9.97 Å². The van der Waals surface area contributed by atoms with E-state index in [1.165, 1.54) is 0 Å². The molecular weight excluding hydrogens is 439 g/mol. The van der Waals surface area contributed by atoms with Crippen LogP contribution in [-0.2, 0) is 20.4 Å². The quantitative estimate of drug-likeness (QED) is 0.287. The van der Waals surface area contributed by atoms with Gasteiger partial charge in [-0.05, 0) is 30.4 Å². The number of hydrogen-bond acceptors (Lipinski definition) is 3. The minimum atomic E-state index is 0. The first-order valence-corrected chi connectivity index (χ1v) is 8.76. The van der Waals surface area contributed by atoms with E-state index in [9.17, 15) is 0 Å². The van der Waals surface area contributed by atoms with E-state index in [1.54, 1.807) is 12.4 Å². The van der Waals surface area contributed by atoms with Crippen LogP contribution in [0.4, 0.5) is 0 Å². The fraction of sp³-hybridized carbons (Fsp3) is 0.0833. The average Bonchev–Trinajstić information content (AvgIpc) is 2.70. The number of aryl methyl sites for hydroxylation is 2. The van der Waals surface area contributed by atoms with Crippen LogP contribution < -0.4 is 4.74 Å². The van der Waals surface area contributed by atoms with Crippen LogP contribution in [0.25, 0.3) is 22.5 Å². The second kappa shape index (κ2) is 8.93. The predicted octanol–water partition coefficient (Wildman–Crippen LogP) is 5.82. The van der Waals surface area contributed by atoms with Crippen molar-refractivity contribution in [3.8, 4) is 34.0 Å². The van der Waals surface area contributed by atoms with E-state index in [2.05, 4.69) is 22.1 Å². The molecule has 0 unspecified atom stereocenters. The van der Waals surface area contributed by atoms with Crippen LogP contribution in [0.2, 0.25) is 0 Å². The Labute approximate surface area is 179 Å². The maximum atomic E-state index is 6.02. The number of aromatic nitrogens is 2. The Morgan fingerprint density at radius 1 is 0.750 bits per heavy atom. The van der Waals surface area contributed by atoms with Crippen LogP contribution in [0.15, 0.2) is 73.1 Å². The monoisotopic (exact) mass is 456 g/mol. The molecule has 4 aromatic rings. The number of nitrogens with zero attached hydrogens (tertiary/aromatic N) is 2. The average molecular weight is 457 g/mol. The van der Waals surface area contributed by atoms with Gasteiger partial charge < -0.3 is 14.7 Å². The summed E-state index contributed by atoms with van der Waals surface area (Å²) in [6, 6.07) is 26.2. The van der Waals surface area contributed by atoms with Crippen molar-refractivity contribution in [1.82, 2.24) is 9.97 Å². The molecule has 0 saturated heterocycles. The van der Waals surface area contributed by atoms with Gasteiger partial charge in [-0.3, -0.25) is 0 Å². The summed E-state index contributed by atoms with van der Waals surface area (Å²) in [5.74, 6) is 1.26. The molecule has 28 heavy (non-hydrogen) atoms. The van der Waals surface area contributed by atoms with E-state index in [1.807, 2.05) is 74.5 Å². The first kappa shape index (κ1) is 20.0. The van der Waals surface area contributed by atoms with Crippen molar-refractivity contribution < 1.29 is 25.2 Å². The summed E-state index contributed by atoms with van der Waals surface area (Å²) in [6.07, 6.45) is 3.58. The van der Waals surface area contributed by atoms with E-state index < -0.39 is 0 Å². The van der Waals surface area contributed by atoms with Crippen molar-refractivity contribution in [3.05, 3.63) is 96.3 Å². The van der Waals surface area contributed by atoms with Gasteiger partial charge in [-0.2, -0.15) is 0 Å². The molecule has 0 radical (unpaired) electrons. The van der Waals surface area contributed by atoms with Crippen molar-refractivity contribution in [2.45, 2.75) is 13.8 Å². The maximum Gasteiger partial charge on any atom is 2.00 e. The third-order valence-electron chi connectivity index (χ3n) is 4.23. The largest absolute Gasteiger partial charge is 2.00 e. The molecule has 0 atom stereocenters. The summed E-state index contributed by atoms with van der Waals surface area (Å²) in [6.45, 7) is 4.09. The zero-order valence-corrected chi connectivity index (χ0v) is 17.1. The molecule has 2 aromatic heterocycles. The molecule has 0 spiro atoms. The molecular formula is C24H18N2OPd. The summed E-state index contributed by atoms with van der Waals surface area (Å²) >= 11 is 0. The van der Waals surface area contributed by atoms with Gasteiger partial charge >= 0.3 is 20.4 Å². The number of rotatable bonds is 4. The zero-order chi connectivity index (χ0) is 18.6. The van der Waals surface area contributed by atoms with Gasteiger partial charge in [-0.15, -0.1) is 47.0 Å². The van der Waals surface area contributed by atoms with Crippen molar-refractivity contribution in [1.29, 1.82) is 0 Å².